The van der Waals surface area contributed by atoms with Gasteiger partial charge in [0.05, 0.1) is 34.2 Å². The van der Waals surface area contributed by atoms with Crippen LogP contribution in [0, 0.1) is 0 Å². The SMILES string of the molecule is Cn1cc(CN(C(=O)c2cc(-c3cc(-c4ccnn4C4CCOCC4)c4c(N)ncnn34)ccc2Cl)C2CC2)cn1. The molecule has 1 saturated carbocycles. The van der Waals surface area contributed by atoms with E-state index in [0.717, 1.165) is 53.8 Å². The topological polar surface area (TPSA) is 121 Å². The van der Waals surface area contributed by atoms with Gasteiger partial charge in [0.1, 0.15) is 11.8 Å². The Hall–Kier alpha value is -4.22. The lowest BCUT2D eigenvalue weighted by molar-refractivity contribution is 0.0667. The van der Waals surface area contributed by atoms with E-state index in [1.807, 2.05) is 48.6 Å². The summed E-state index contributed by atoms with van der Waals surface area (Å²) in [6, 6.07) is 9.98. The maximum absolute atomic E-state index is 13.9. The van der Waals surface area contributed by atoms with Crippen LogP contribution in [0.2, 0.25) is 5.02 Å². The smallest absolute Gasteiger partial charge is 0.255 e. The number of fused-ring (bicyclic) bond motifs is 1. The molecule has 210 valence electrons. The van der Waals surface area contributed by atoms with E-state index < -0.39 is 0 Å². The minimum atomic E-state index is -0.101. The highest BCUT2D eigenvalue weighted by Gasteiger charge is 2.34. The van der Waals surface area contributed by atoms with Gasteiger partial charge in [-0.05, 0) is 49.9 Å². The third-order valence-electron chi connectivity index (χ3n) is 7.92. The summed E-state index contributed by atoms with van der Waals surface area (Å²) < 4.78 is 11.2. The number of aryl methyl sites for hydroxylation is 1. The van der Waals surface area contributed by atoms with Gasteiger partial charge in [-0.25, -0.2) is 9.50 Å². The zero-order valence-corrected chi connectivity index (χ0v) is 23.4. The highest BCUT2D eigenvalue weighted by Crippen LogP contribution is 2.38. The van der Waals surface area contributed by atoms with Gasteiger partial charge in [-0.15, -0.1) is 0 Å². The molecular weight excluding hydrogens is 542 g/mol. The molecule has 1 aliphatic heterocycles. The molecule has 2 N–H and O–H groups in total. The van der Waals surface area contributed by atoms with Crippen molar-refractivity contribution in [2.75, 3.05) is 18.9 Å². The molecule has 0 radical (unpaired) electrons. The summed E-state index contributed by atoms with van der Waals surface area (Å²) in [7, 11) is 1.87. The van der Waals surface area contributed by atoms with E-state index in [1.165, 1.54) is 6.33 Å². The summed E-state index contributed by atoms with van der Waals surface area (Å²) in [5, 5.41) is 13.9. The fourth-order valence-electron chi connectivity index (χ4n) is 5.72. The largest absolute Gasteiger partial charge is 0.382 e. The van der Waals surface area contributed by atoms with Crippen molar-refractivity contribution in [1.82, 2.24) is 39.1 Å². The normalized spacial score (nSPS) is 16.0. The maximum atomic E-state index is 13.9. The quantitative estimate of drug-likeness (QED) is 0.307. The van der Waals surface area contributed by atoms with Crippen LogP contribution in [-0.2, 0) is 18.3 Å². The van der Waals surface area contributed by atoms with Gasteiger partial charge in [-0.1, -0.05) is 17.7 Å². The van der Waals surface area contributed by atoms with E-state index in [0.29, 0.717) is 41.7 Å². The van der Waals surface area contributed by atoms with Crippen LogP contribution < -0.4 is 5.73 Å². The van der Waals surface area contributed by atoms with Crippen LogP contribution in [0.4, 0.5) is 5.82 Å². The molecule has 2 fully saturated rings. The van der Waals surface area contributed by atoms with Crippen molar-refractivity contribution < 1.29 is 9.53 Å². The number of benzene rings is 1. The van der Waals surface area contributed by atoms with Gasteiger partial charge in [-0.3, -0.25) is 14.2 Å². The lowest BCUT2D eigenvalue weighted by Crippen LogP contribution is -2.32. The maximum Gasteiger partial charge on any atom is 0.255 e. The molecular formula is C29H30ClN9O2. The van der Waals surface area contributed by atoms with E-state index in [9.17, 15) is 4.79 Å². The van der Waals surface area contributed by atoms with Crippen LogP contribution in [0.25, 0.3) is 28.0 Å². The number of hydrogen-bond acceptors (Lipinski definition) is 7. The first-order valence-electron chi connectivity index (χ1n) is 13.8. The first-order chi connectivity index (χ1) is 20.0. The van der Waals surface area contributed by atoms with Crippen LogP contribution in [0.5, 0.6) is 0 Å². The van der Waals surface area contributed by atoms with Gasteiger partial charge in [-0.2, -0.15) is 15.3 Å². The second-order valence-corrected chi connectivity index (χ2v) is 11.1. The fraction of sp³-hybridized carbons (Fsp3) is 0.345. The van der Waals surface area contributed by atoms with E-state index in [-0.39, 0.29) is 18.0 Å². The van der Waals surface area contributed by atoms with Crippen LogP contribution in [-0.4, -0.2) is 64.2 Å². The monoisotopic (exact) mass is 571 g/mol. The Bertz CT molecular complexity index is 1750. The Morgan fingerprint density at radius 1 is 1.10 bits per heavy atom. The third-order valence-corrected chi connectivity index (χ3v) is 8.25. The summed E-state index contributed by atoms with van der Waals surface area (Å²) in [4.78, 5) is 20.1. The molecule has 41 heavy (non-hydrogen) atoms. The number of amides is 1. The van der Waals surface area contributed by atoms with Crippen molar-refractivity contribution in [2.45, 2.75) is 44.3 Å². The second-order valence-electron chi connectivity index (χ2n) is 10.7. The van der Waals surface area contributed by atoms with Crippen LogP contribution in [0.1, 0.15) is 47.6 Å². The van der Waals surface area contributed by atoms with Crippen LogP contribution >= 0.6 is 11.6 Å². The lowest BCUT2D eigenvalue weighted by Gasteiger charge is -2.24. The Balaban J connectivity index is 1.30. The number of rotatable bonds is 7. The second kappa shape index (κ2) is 10.3. The predicted molar refractivity (Wildman–Crippen MR) is 154 cm³/mol. The van der Waals surface area contributed by atoms with Crippen molar-refractivity contribution in [3.05, 3.63) is 71.4 Å². The minimum Gasteiger partial charge on any atom is -0.382 e. The Labute approximate surface area is 241 Å². The molecule has 5 aromatic rings. The van der Waals surface area contributed by atoms with Gasteiger partial charge in [0, 0.05) is 61.9 Å². The van der Waals surface area contributed by atoms with Crippen LogP contribution in [0.15, 0.2) is 55.2 Å². The number of hydrogen-bond donors (Lipinski definition) is 1. The number of halogens is 1. The van der Waals surface area contributed by atoms with Gasteiger partial charge < -0.3 is 15.4 Å². The molecule has 5 heterocycles. The number of nitrogens with zero attached hydrogens (tertiary/aromatic N) is 8. The summed E-state index contributed by atoms with van der Waals surface area (Å²) in [6.07, 6.45) is 10.7. The Morgan fingerprint density at radius 2 is 1.93 bits per heavy atom. The number of nitrogens with two attached hydrogens (primary N) is 1. The molecule has 7 rings (SSSR count). The summed E-state index contributed by atoms with van der Waals surface area (Å²) in [6.45, 7) is 1.89. The molecule has 0 spiro atoms. The van der Waals surface area contributed by atoms with Crippen molar-refractivity contribution >= 4 is 28.8 Å². The highest BCUT2D eigenvalue weighted by molar-refractivity contribution is 6.34. The van der Waals surface area contributed by atoms with Crippen molar-refractivity contribution in [2.24, 2.45) is 7.05 Å². The predicted octanol–water partition coefficient (Wildman–Crippen LogP) is 4.39. The summed E-state index contributed by atoms with van der Waals surface area (Å²) >= 11 is 6.65. The van der Waals surface area contributed by atoms with E-state index >= 15 is 0 Å². The first kappa shape index (κ1) is 25.7. The summed E-state index contributed by atoms with van der Waals surface area (Å²) in [5.41, 5.74) is 11.9. The van der Waals surface area contributed by atoms with Crippen molar-refractivity contribution in [3.8, 4) is 22.5 Å². The molecule has 4 aromatic heterocycles. The molecule has 1 saturated heterocycles. The van der Waals surface area contributed by atoms with Gasteiger partial charge >= 0.3 is 0 Å². The average molecular weight is 572 g/mol. The molecule has 0 atom stereocenters. The molecule has 12 heteroatoms. The van der Waals surface area contributed by atoms with Gasteiger partial charge in [0.15, 0.2) is 5.82 Å². The zero-order valence-electron chi connectivity index (χ0n) is 22.7. The standard InChI is InChI=1S/C29H30ClN9O2/c1-36-15-18(14-34-36)16-37(20-3-4-20)29(40)22-12-19(2-5-24(22)30)26-13-23(27-28(31)32-17-35-39(26)27)25-6-9-33-38(25)21-7-10-41-11-8-21/h2,5-6,9,12-15,17,20-21H,3-4,7-8,10-11,16H2,1H3,(H2,31,32,35). The fourth-order valence-corrected chi connectivity index (χ4v) is 5.92. The molecule has 2 aliphatic rings. The Kier molecular flexibility index (Phi) is 6.47. The average Bonchev–Trinajstić information content (AvgIpc) is 3.36. The van der Waals surface area contributed by atoms with E-state index in [4.69, 9.17) is 22.1 Å². The third kappa shape index (κ3) is 4.74. The molecule has 0 bridgehead atoms. The lowest BCUT2D eigenvalue weighted by atomic mass is 10.0. The molecule has 1 aliphatic carbocycles. The minimum absolute atomic E-state index is 0.101. The number of ether oxygens (including phenoxy) is 1. The van der Waals surface area contributed by atoms with Gasteiger partial charge in [0.2, 0.25) is 0 Å². The van der Waals surface area contributed by atoms with Crippen molar-refractivity contribution in [3.63, 3.8) is 0 Å². The number of carbonyl (C=O) groups is 1. The number of carbonyl (C=O) groups excluding carboxylic acids is 1. The first-order valence-corrected chi connectivity index (χ1v) is 14.2. The summed E-state index contributed by atoms with van der Waals surface area (Å²) in [5.74, 6) is 0.263. The number of anilines is 1. The highest BCUT2D eigenvalue weighted by atomic mass is 35.5. The van der Waals surface area contributed by atoms with Crippen LogP contribution in [0.3, 0.4) is 0 Å². The van der Waals surface area contributed by atoms with Gasteiger partial charge in [0.25, 0.3) is 5.91 Å². The molecule has 1 aromatic carbocycles. The van der Waals surface area contributed by atoms with E-state index in [2.05, 4.69) is 25.0 Å². The number of nitrogen functional groups attached to an aromatic ring is 1. The molecule has 11 nitrogen and oxygen atoms in total. The zero-order chi connectivity index (χ0) is 28.1. The van der Waals surface area contributed by atoms with Crippen molar-refractivity contribution in [1.29, 1.82) is 0 Å². The molecule has 0 unspecified atom stereocenters. The number of aromatic nitrogens is 7. The van der Waals surface area contributed by atoms with E-state index in [1.54, 1.807) is 21.5 Å². The molecule has 1 amide bonds. The Morgan fingerprint density at radius 3 is 2.68 bits per heavy atom.